The van der Waals surface area contributed by atoms with E-state index in [-0.39, 0.29) is 15.7 Å². The third kappa shape index (κ3) is 4.96. The van der Waals surface area contributed by atoms with Crippen molar-refractivity contribution in [3.05, 3.63) is 16.0 Å². The minimum Gasteiger partial charge on any atom is -0.465 e. The third-order valence-corrected chi connectivity index (χ3v) is 8.97. The van der Waals surface area contributed by atoms with E-state index in [2.05, 4.69) is 18.7 Å². The molecule has 0 N–H and O–H groups in total. The van der Waals surface area contributed by atoms with E-state index in [1.165, 1.54) is 22.8 Å². The highest BCUT2D eigenvalue weighted by Gasteiger charge is 2.36. The van der Waals surface area contributed by atoms with Gasteiger partial charge in [0.2, 0.25) is 0 Å². The zero-order chi connectivity index (χ0) is 21.1. The molecule has 28 heavy (non-hydrogen) atoms. The number of ether oxygens (including phenoxy) is 1. The van der Waals surface area contributed by atoms with Gasteiger partial charge in [0, 0.05) is 38.1 Å². The SMILES string of the molecule is CCC(CC)CN1CCc2c(sc(S(=O)(=O)N(C)CC(C)C)c2C(=O)OC)C1. The van der Waals surface area contributed by atoms with Gasteiger partial charge >= 0.3 is 5.97 Å². The summed E-state index contributed by atoms with van der Waals surface area (Å²) in [6.07, 6.45) is 2.95. The van der Waals surface area contributed by atoms with Crippen LogP contribution in [-0.4, -0.2) is 57.4 Å². The Balaban J connectivity index is 2.41. The van der Waals surface area contributed by atoms with Crippen LogP contribution in [0.5, 0.6) is 0 Å². The standard InChI is InChI=1S/C20H34N2O4S2/c1-7-15(8-2)12-22-10-9-16-17(13-22)27-20(18(16)19(23)26-6)28(24,25)21(5)11-14(3)4/h14-15H,7-13H2,1-6H3. The summed E-state index contributed by atoms with van der Waals surface area (Å²) in [6.45, 7) is 11.3. The Morgan fingerprint density at radius 1 is 1.29 bits per heavy atom. The molecular weight excluding hydrogens is 396 g/mol. The van der Waals surface area contributed by atoms with Gasteiger partial charge in [0.05, 0.1) is 12.7 Å². The Bertz CT molecular complexity index is 782. The molecule has 1 aromatic rings. The number of methoxy groups -OCH3 is 1. The van der Waals surface area contributed by atoms with E-state index in [9.17, 15) is 13.2 Å². The van der Waals surface area contributed by atoms with Crippen molar-refractivity contribution in [1.29, 1.82) is 0 Å². The molecule has 0 radical (unpaired) electrons. The number of carbonyl (C=O) groups excluding carboxylic acids is 1. The molecule has 0 amide bonds. The monoisotopic (exact) mass is 430 g/mol. The fourth-order valence-corrected chi connectivity index (χ4v) is 7.20. The predicted octanol–water partition coefficient (Wildman–Crippen LogP) is 3.61. The molecule has 0 aromatic carbocycles. The van der Waals surface area contributed by atoms with E-state index in [0.29, 0.717) is 25.4 Å². The largest absolute Gasteiger partial charge is 0.465 e. The molecule has 0 unspecified atom stereocenters. The average molecular weight is 431 g/mol. The van der Waals surface area contributed by atoms with Crippen LogP contribution >= 0.6 is 11.3 Å². The lowest BCUT2D eigenvalue weighted by molar-refractivity contribution is 0.0595. The molecular formula is C20H34N2O4S2. The van der Waals surface area contributed by atoms with Gasteiger partial charge in [0.1, 0.15) is 4.21 Å². The van der Waals surface area contributed by atoms with Crippen LogP contribution in [0.3, 0.4) is 0 Å². The fourth-order valence-electron chi connectivity index (χ4n) is 3.74. The minimum absolute atomic E-state index is 0.136. The van der Waals surface area contributed by atoms with Crippen LogP contribution in [-0.2, 0) is 27.7 Å². The lowest BCUT2D eigenvalue weighted by Crippen LogP contribution is -2.34. The number of sulfonamides is 1. The maximum absolute atomic E-state index is 13.2. The van der Waals surface area contributed by atoms with Crippen molar-refractivity contribution in [2.75, 3.05) is 33.8 Å². The Morgan fingerprint density at radius 3 is 2.46 bits per heavy atom. The van der Waals surface area contributed by atoms with E-state index in [0.717, 1.165) is 36.4 Å². The summed E-state index contributed by atoms with van der Waals surface area (Å²) in [7, 11) is -0.845. The van der Waals surface area contributed by atoms with E-state index < -0.39 is 16.0 Å². The van der Waals surface area contributed by atoms with E-state index in [1.54, 1.807) is 7.05 Å². The summed E-state index contributed by atoms with van der Waals surface area (Å²) in [6, 6.07) is 0. The summed E-state index contributed by atoms with van der Waals surface area (Å²) in [5.41, 5.74) is 1.11. The molecule has 1 aliphatic heterocycles. The molecule has 0 saturated heterocycles. The lowest BCUT2D eigenvalue weighted by Gasteiger charge is -2.30. The quantitative estimate of drug-likeness (QED) is 0.560. The van der Waals surface area contributed by atoms with Gasteiger partial charge in [0.25, 0.3) is 10.0 Å². The summed E-state index contributed by atoms with van der Waals surface area (Å²) < 4.78 is 32.8. The lowest BCUT2D eigenvalue weighted by atomic mass is 9.99. The fraction of sp³-hybridized carbons (Fsp3) is 0.750. The molecule has 0 aliphatic carbocycles. The third-order valence-electron chi connectivity index (χ3n) is 5.43. The second-order valence-electron chi connectivity index (χ2n) is 8.00. The van der Waals surface area contributed by atoms with E-state index >= 15 is 0 Å². The number of fused-ring (bicyclic) bond motifs is 1. The maximum atomic E-state index is 13.2. The van der Waals surface area contributed by atoms with Gasteiger partial charge in [-0.3, -0.25) is 4.90 Å². The van der Waals surface area contributed by atoms with Gasteiger partial charge in [0.15, 0.2) is 0 Å². The number of hydrogen-bond acceptors (Lipinski definition) is 6. The molecule has 2 rings (SSSR count). The second kappa shape index (κ2) is 9.69. The van der Waals surface area contributed by atoms with Gasteiger partial charge in [-0.2, -0.15) is 4.31 Å². The van der Waals surface area contributed by atoms with E-state index in [1.807, 2.05) is 13.8 Å². The molecule has 0 bridgehead atoms. The second-order valence-corrected chi connectivity index (χ2v) is 11.4. The van der Waals surface area contributed by atoms with Gasteiger partial charge in [-0.25, -0.2) is 13.2 Å². The number of rotatable bonds is 9. The van der Waals surface area contributed by atoms with Crippen molar-refractivity contribution in [2.45, 2.75) is 57.7 Å². The van der Waals surface area contributed by atoms with Crippen LogP contribution < -0.4 is 0 Å². The highest BCUT2D eigenvalue weighted by atomic mass is 32.2. The highest BCUT2D eigenvalue weighted by molar-refractivity contribution is 7.91. The van der Waals surface area contributed by atoms with Crippen LogP contribution in [0.4, 0.5) is 0 Å². The molecule has 1 aliphatic rings. The van der Waals surface area contributed by atoms with Gasteiger partial charge in [-0.15, -0.1) is 11.3 Å². The zero-order valence-electron chi connectivity index (χ0n) is 17.9. The number of thiophene rings is 1. The van der Waals surface area contributed by atoms with Crippen molar-refractivity contribution >= 4 is 27.3 Å². The molecule has 0 spiro atoms. The topological polar surface area (TPSA) is 66.9 Å². The molecule has 1 aromatic heterocycles. The van der Waals surface area contributed by atoms with Gasteiger partial charge in [-0.05, 0) is 23.8 Å². The zero-order valence-corrected chi connectivity index (χ0v) is 19.6. The normalized spacial score (nSPS) is 15.5. The van der Waals surface area contributed by atoms with Crippen LogP contribution in [0, 0.1) is 11.8 Å². The molecule has 0 atom stereocenters. The number of hydrogen-bond donors (Lipinski definition) is 0. The summed E-state index contributed by atoms with van der Waals surface area (Å²) in [4.78, 5) is 15.9. The first-order valence-corrected chi connectivity index (χ1v) is 12.3. The van der Waals surface area contributed by atoms with Crippen LogP contribution in [0.15, 0.2) is 4.21 Å². The summed E-state index contributed by atoms with van der Waals surface area (Å²) in [5.74, 6) is 0.288. The van der Waals surface area contributed by atoms with Crippen molar-refractivity contribution in [2.24, 2.45) is 11.8 Å². The van der Waals surface area contributed by atoms with E-state index in [4.69, 9.17) is 4.74 Å². The van der Waals surface area contributed by atoms with Crippen LogP contribution in [0.2, 0.25) is 0 Å². The first-order chi connectivity index (χ1) is 13.1. The van der Waals surface area contributed by atoms with Crippen LogP contribution in [0.1, 0.15) is 61.3 Å². The molecule has 160 valence electrons. The van der Waals surface area contributed by atoms with Crippen molar-refractivity contribution in [3.63, 3.8) is 0 Å². The predicted molar refractivity (Wildman–Crippen MR) is 113 cm³/mol. The Morgan fingerprint density at radius 2 is 1.93 bits per heavy atom. The maximum Gasteiger partial charge on any atom is 0.340 e. The van der Waals surface area contributed by atoms with Crippen molar-refractivity contribution < 1.29 is 17.9 Å². The smallest absolute Gasteiger partial charge is 0.340 e. The number of nitrogens with zero attached hydrogens (tertiary/aromatic N) is 2. The van der Waals surface area contributed by atoms with Crippen molar-refractivity contribution in [3.8, 4) is 0 Å². The number of esters is 1. The van der Waals surface area contributed by atoms with Crippen LogP contribution in [0.25, 0.3) is 0 Å². The Hall–Kier alpha value is -0.960. The molecule has 2 heterocycles. The number of carbonyl (C=O) groups is 1. The molecule has 6 nitrogen and oxygen atoms in total. The summed E-state index contributed by atoms with van der Waals surface area (Å²) in [5, 5.41) is 0. The van der Waals surface area contributed by atoms with Gasteiger partial charge in [-0.1, -0.05) is 40.5 Å². The summed E-state index contributed by atoms with van der Waals surface area (Å²) >= 11 is 1.24. The minimum atomic E-state index is -3.73. The first kappa shape index (κ1) is 23.3. The Labute approximate surface area is 173 Å². The molecule has 0 fully saturated rings. The highest BCUT2D eigenvalue weighted by Crippen LogP contribution is 2.38. The van der Waals surface area contributed by atoms with Crippen molar-refractivity contribution in [1.82, 2.24) is 9.21 Å². The van der Waals surface area contributed by atoms with Gasteiger partial charge < -0.3 is 4.74 Å². The molecule has 8 heteroatoms. The first-order valence-electron chi connectivity index (χ1n) is 10.1. The molecule has 0 saturated carbocycles. The Kier molecular flexibility index (Phi) is 8.07. The average Bonchev–Trinajstić information content (AvgIpc) is 3.04.